The second kappa shape index (κ2) is 6.28. The lowest BCUT2D eigenvalue weighted by molar-refractivity contribution is -0.119. The molecule has 1 aliphatic rings. The molecular formula is C18H19NO4. The molecule has 1 aliphatic carbocycles. The maximum atomic E-state index is 12.2. The van der Waals surface area contributed by atoms with E-state index in [9.17, 15) is 4.79 Å². The zero-order chi connectivity index (χ0) is 16.4. The van der Waals surface area contributed by atoms with Gasteiger partial charge in [-0.1, -0.05) is 6.07 Å². The van der Waals surface area contributed by atoms with Gasteiger partial charge in [-0.25, -0.2) is 0 Å². The Balaban J connectivity index is 2.25. The molecule has 0 radical (unpaired) electrons. The summed E-state index contributed by atoms with van der Waals surface area (Å²) in [5.41, 5.74) is 2.90. The number of carbonyl (C=O) groups excluding carboxylic acids is 1. The van der Waals surface area contributed by atoms with Crippen molar-refractivity contribution >= 4 is 5.78 Å². The van der Waals surface area contributed by atoms with E-state index in [1.165, 1.54) is 0 Å². The molecule has 0 amide bonds. The largest absolute Gasteiger partial charge is 0.493 e. The van der Waals surface area contributed by atoms with Crippen LogP contribution in [0.25, 0.3) is 0 Å². The number of hydrogen-bond donors (Lipinski definition) is 0. The van der Waals surface area contributed by atoms with E-state index in [-0.39, 0.29) is 11.7 Å². The molecule has 1 atom stereocenters. The van der Waals surface area contributed by atoms with E-state index < -0.39 is 0 Å². The molecule has 1 heterocycles. The summed E-state index contributed by atoms with van der Waals surface area (Å²) in [5.74, 6) is 1.86. The number of rotatable bonds is 4. The number of carbonyl (C=O) groups is 1. The molecule has 1 unspecified atom stereocenters. The molecule has 0 bridgehead atoms. The lowest BCUT2D eigenvalue weighted by Crippen LogP contribution is -2.21. The summed E-state index contributed by atoms with van der Waals surface area (Å²) in [6.45, 7) is 0. The topological polar surface area (TPSA) is 57.6 Å². The van der Waals surface area contributed by atoms with E-state index in [2.05, 4.69) is 4.98 Å². The van der Waals surface area contributed by atoms with Crippen molar-refractivity contribution < 1.29 is 19.0 Å². The molecule has 0 aliphatic heterocycles. The first-order valence-corrected chi connectivity index (χ1v) is 7.43. The summed E-state index contributed by atoms with van der Waals surface area (Å²) in [5, 5.41) is 0. The molecule has 0 spiro atoms. The van der Waals surface area contributed by atoms with Crippen molar-refractivity contribution in [2.75, 3.05) is 21.3 Å². The average molecular weight is 313 g/mol. The molecule has 3 rings (SSSR count). The van der Waals surface area contributed by atoms with Crippen LogP contribution < -0.4 is 14.2 Å². The van der Waals surface area contributed by atoms with Crippen LogP contribution in [0.5, 0.6) is 17.2 Å². The van der Waals surface area contributed by atoms with Gasteiger partial charge >= 0.3 is 0 Å². The zero-order valence-electron chi connectivity index (χ0n) is 13.5. The minimum atomic E-state index is -0.0882. The summed E-state index contributed by atoms with van der Waals surface area (Å²) in [6, 6.07) is 5.73. The number of pyridine rings is 1. The number of aromatic nitrogens is 1. The summed E-state index contributed by atoms with van der Waals surface area (Å²) < 4.78 is 16.5. The normalized spacial score (nSPS) is 16.7. The SMILES string of the molecule is COc1cc2c(c(OC)c1OC)C(c1cccnc1)CC(=O)C2. The Labute approximate surface area is 135 Å². The van der Waals surface area contributed by atoms with Gasteiger partial charge in [0.1, 0.15) is 5.78 Å². The van der Waals surface area contributed by atoms with Gasteiger partial charge in [0.15, 0.2) is 11.5 Å². The third kappa shape index (κ3) is 2.63. The van der Waals surface area contributed by atoms with Crippen LogP contribution in [0, 0.1) is 0 Å². The zero-order valence-corrected chi connectivity index (χ0v) is 13.5. The second-order valence-electron chi connectivity index (χ2n) is 5.48. The minimum Gasteiger partial charge on any atom is -0.493 e. The number of benzene rings is 1. The molecule has 0 fully saturated rings. The predicted octanol–water partition coefficient (Wildman–Crippen LogP) is 2.75. The predicted molar refractivity (Wildman–Crippen MR) is 85.5 cm³/mol. The van der Waals surface area contributed by atoms with Crippen molar-refractivity contribution in [3.8, 4) is 17.2 Å². The van der Waals surface area contributed by atoms with Gasteiger partial charge in [0.25, 0.3) is 0 Å². The number of ether oxygens (including phenoxy) is 3. The Morgan fingerprint density at radius 3 is 2.52 bits per heavy atom. The van der Waals surface area contributed by atoms with Crippen LogP contribution in [-0.4, -0.2) is 32.1 Å². The summed E-state index contributed by atoms with van der Waals surface area (Å²) in [4.78, 5) is 16.4. The molecular weight excluding hydrogens is 294 g/mol. The van der Waals surface area contributed by atoms with Crippen LogP contribution in [0.4, 0.5) is 0 Å². The quantitative estimate of drug-likeness (QED) is 0.868. The molecule has 1 aromatic carbocycles. The molecule has 0 saturated heterocycles. The highest BCUT2D eigenvalue weighted by Crippen LogP contribution is 2.49. The van der Waals surface area contributed by atoms with Crippen molar-refractivity contribution in [1.82, 2.24) is 4.98 Å². The second-order valence-corrected chi connectivity index (χ2v) is 5.48. The lowest BCUT2D eigenvalue weighted by atomic mass is 9.78. The maximum absolute atomic E-state index is 12.2. The summed E-state index contributed by atoms with van der Waals surface area (Å²) >= 11 is 0. The minimum absolute atomic E-state index is 0.0882. The fraction of sp³-hybridized carbons (Fsp3) is 0.333. The highest BCUT2D eigenvalue weighted by molar-refractivity contribution is 5.86. The van der Waals surface area contributed by atoms with Crippen LogP contribution in [0.1, 0.15) is 29.0 Å². The number of ketones is 1. The fourth-order valence-electron chi connectivity index (χ4n) is 3.24. The van der Waals surface area contributed by atoms with Crippen molar-refractivity contribution in [1.29, 1.82) is 0 Å². The Morgan fingerprint density at radius 2 is 1.91 bits per heavy atom. The molecule has 1 aromatic heterocycles. The average Bonchev–Trinajstić information content (AvgIpc) is 2.59. The van der Waals surface area contributed by atoms with Gasteiger partial charge < -0.3 is 14.2 Å². The van der Waals surface area contributed by atoms with Gasteiger partial charge in [-0.2, -0.15) is 0 Å². The van der Waals surface area contributed by atoms with Gasteiger partial charge in [0.2, 0.25) is 5.75 Å². The summed E-state index contributed by atoms with van der Waals surface area (Å²) in [6.07, 6.45) is 4.33. The Bertz CT molecular complexity index is 728. The van der Waals surface area contributed by atoms with Gasteiger partial charge in [0.05, 0.1) is 21.3 Å². The molecule has 120 valence electrons. The number of methoxy groups -OCH3 is 3. The van der Waals surface area contributed by atoms with Crippen LogP contribution in [-0.2, 0) is 11.2 Å². The molecule has 2 aromatic rings. The van der Waals surface area contributed by atoms with Crippen molar-refractivity contribution in [3.05, 3.63) is 47.3 Å². The standard InChI is InChI=1S/C18H19NO4/c1-21-15-8-12-7-13(20)9-14(11-5-4-6-19-10-11)16(12)18(23-3)17(15)22-2/h4-6,8,10,14H,7,9H2,1-3H3. The Kier molecular flexibility index (Phi) is 4.19. The molecule has 23 heavy (non-hydrogen) atoms. The van der Waals surface area contributed by atoms with Crippen LogP contribution in [0.3, 0.4) is 0 Å². The van der Waals surface area contributed by atoms with Gasteiger partial charge in [-0.05, 0) is 23.3 Å². The van der Waals surface area contributed by atoms with Crippen molar-refractivity contribution in [2.45, 2.75) is 18.8 Å². The van der Waals surface area contributed by atoms with E-state index in [0.717, 1.165) is 16.7 Å². The van der Waals surface area contributed by atoms with Gasteiger partial charge in [-0.15, -0.1) is 0 Å². The first-order chi connectivity index (χ1) is 11.2. The monoisotopic (exact) mass is 313 g/mol. The van der Waals surface area contributed by atoms with E-state index in [4.69, 9.17) is 14.2 Å². The molecule has 0 N–H and O–H groups in total. The molecule has 5 heteroatoms. The van der Waals surface area contributed by atoms with E-state index in [1.54, 1.807) is 33.7 Å². The highest BCUT2D eigenvalue weighted by Gasteiger charge is 2.33. The van der Waals surface area contributed by atoms with Crippen LogP contribution in [0.15, 0.2) is 30.6 Å². The fourth-order valence-corrected chi connectivity index (χ4v) is 3.24. The van der Waals surface area contributed by atoms with Crippen LogP contribution in [0.2, 0.25) is 0 Å². The van der Waals surface area contributed by atoms with E-state index in [0.29, 0.717) is 30.1 Å². The number of Topliss-reactive ketones (excluding diaryl/α,β-unsaturated/α-hetero) is 1. The smallest absolute Gasteiger partial charge is 0.203 e. The van der Waals surface area contributed by atoms with Gasteiger partial charge in [-0.3, -0.25) is 9.78 Å². The molecule has 0 saturated carbocycles. The third-order valence-electron chi connectivity index (χ3n) is 4.21. The van der Waals surface area contributed by atoms with Crippen LogP contribution >= 0.6 is 0 Å². The Hall–Kier alpha value is -2.56. The van der Waals surface area contributed by atoms with Crippen molar-refractivity contribution in [2.24, 2.45) is 0 Å². The molecule has 5 nitrogen and oxygen atoms in total. The first-order valence-electron chi connectivity index (χ1n) is 7.43. The highest BCUT2D eigenvalue weighted by atomic mass is 16.5. The summed E-state index contributed by atoms with van der Waals surface area (Å²) in [7, 11) is 4.76. The third-order valence-corrected chi connectivity index (χ3v) is 4.21. The number of nitrogens with zero attached hydrogens (tertiary/aromatic N) is 1. The first kappa shape index (κ1) is 15.3. The number of fused-ring (bicyclic) bond motifs is 1. The van der Waals surface area contributed by atoms with E-state index >= 15 is 0 Å². The maximum Gasteiger partial charge on any atom is 0.203 e. The number of hydrogen-bond acceptors (Lipinski definition) is 5. The van der Waals surface area contributed by atoms with Gasteiger partial charge in [0, 0.05) is 36.7 Å². The van der Waals surface area contributed by atoms with Crippen molar-refractivity contribution in [3.63, 3.8) is 0 Å². The Morgan fingerprint density at radius 1 is 1.13 bits per heavy atom. The lowest BCUT2D eigenvalue weighted by Gasteiger charge is -2.28. The van der Waals surface area contributed by atoms with E-state index in [1.807, 2.05) is 18.2 Å².